The van der Waals surface area contributed by atoms with Crippen molar-refractivity contribution in [2.45, 2.75) is 20.0 Å². The lowest BCUT2D eigenvalue weighted by atomic mass is 10.2. The molecule has 0 radical (unpaired) electrons. The number of rotatable bonds is 6. The van der Waals surface area contributed by atoms with Gasteiger partial charge in [0.1, 0.15) is 5.75 Å². The number of phenolic OH excluding ortho intramolecular Hbond substituents is 1. The highest BCUT2D eigenvalue weighted by Gasteiger charge is 2.07. The summed E-state index contributed by atoms with van der Waals surface area (Å²) in [4.78, 5) is 12.0. The molecule has 24 heavy (non-hydrogen) atoms. The lowest BCUT2D eigenvalue weighted by Crippen LogP contribution is -2.17. The van der Waals surface area contributed by atoms with Crippen molar-refractivity contribution in [3.8, 4) is 17.2 Å². The summed E-state index contributed by atoms with van der Waals surface area (Å²) in [5.74, 6) is 0.648. The van der Waals surface area contributed by atoms with Crippen LogP contribution in [-0.4, -0.2) is 30.4 Å². The van der Waals surface area contributed by atoms with Crippen molar-refractivity contribution in [1.82, 2.24) is 5.43 Å². The fourth-order valence-corrected chi connectivity index (χ4v) is 1.99. The number of carbonyl (C=O) groups excluding carboxylic acids is 1. The number of hydrogen-bond donors (Lipinski definition) is 2. The highest BCUT2D eigenvalue weighted by atomic mass is 16.5. The van der Waals surface area contributed by atoms with Gasteiger partial charge in [-0.15, -0.1) is 0 Å². The van der Waals surface area contributed by atoms with Crippen LogP contribution in [0.5, 0.6) is 17.2 Å². The third kappa shape index (κ3) is 4.49. The van der Waals surface area contributed by atoms with E-state index in [1.165, 1.54) is 13.3 Å². The number of nitrogens with zero attached hydrogens (tertiary/aromatic N) is 1. The maximum atomic E-state index is 12.0. The second-order valence-corrected chi connectivity index (χ2v) is 5.29. The van der Waals surface area contributed by atoms with Crippen molar-refractivity contribution in [2.75, 3.05) is 7.11 Å². The third-order valence-corrected chi connectivity index (χ3v) is 3.11. The number of aromatic hydroxyl groups is 1. The molecule has 0 saturated carbocycles. The van der Waals surface area contributed by atoms with E-state index < -0.39 is 0 Å². The molecule has 6 heteroatoms. The van der Waals surface area contributed by atoms with E-state index in [1.54, 1.807) is 42.5 Å². The average molecular weight is 328 g/mol. The van der Waals surface area contributed by atoms with E-state index in [2.05, 4.69) is 10.5 Å². The van der Waals surface area contributed by atoms with Crippen LogP contribution in [-0.2, 0) is 0 Å². The monoisotopic (exact) mass is 328 g/mol. The predicted octanol–water partition coefficient (Wildman–Crippen LogP) is 2.95. The summed E-state index contributed by atoms with van der Waals surface area (Å²) in [6.07, 6.45) is 1.43. The largest absolute Gasteiger partial charge is 0.504 e. The first kappa shape index (κ1) is 17.3. The Balaban J connectivity index is 2.00. The van der Waals surface area contributed by atoms with Crippen molar-refractivity contribution in [2.24, 2.45) is 5.10 Å². The van der Waals surface area contributed by atoms with Gasteiger partial charge in [-0.3, -0.25) is 4.79 Å². The lowest BCUT2D eigenvalue weighted by Gasteiger charge is -2.09. The van der Waals surface area contributed by atoms with Crippen molar-refractivity contribution < 1.29 is 19.4 Å². The van der Waals surface area contributed by atoms with Gasteiger partial charge in [0.15, 0.2) is 11.5 Å². The van der Waals surface area contributed by atoms with E-state index in [0.717, 1.165) is 0 Å². The van der Waals surface area contributed by atoms with Gasteiger partial charge in [-0.25, -0.2) is 5.43 Å². The van der Waals surface area contributed by atoms with E-state index in [9.17, 15) is 9.90 Å². The molecule has 0 unspecified atom stereocenters. The van der Waals surface area contributed by atoms with Crippen LogP contribution in [0.1, 0.15) is 29.8 Å². The van der Waals surface area contributed by atoms with E-state index >= 15 is 0 Å². The van der Waals surface area contributed by atoms with Gasteiger partial charge < -0.3 is 14.6 Å². The first-order chi connectivity index (χ1) is 11.5. The Morgan fingerprint density at radius 1 is 1.21 bits per heavy atom. The Morgan fingerprint density at radius 2 is 1.92 bits per heavy atom. The van der Waals surface area contributed by atoms with E-state index in [4.69, 9.17) is 9.47 Å². The van der Waals surface area contributed by atoms with Gasteiger partial charge in [0.05, 0.1) is 19.4 Å². The molecule has 0 heterocycles. The summed E-state index contributed by atoms with van der Waals surface area (Å²) < 4.78 is 10.5. The Morgan fingerprint density at radius 3 is 2.54 bits per heavy atom. The molecule has 2 aromatic carbocycles. The van der Waals surface area contributed by atoms with Gasteiger partial charge >= 0.3 is 0 Å². The first-order valence-corrected chi connectivity index (χ1v) is 7.47. The van der Waals surface area contributed by atoms with Crippen molar-refractivity contribution in [3.05, 3.63) is 53.6 Å². The van der Waals surface area contributed by atoms with Crippen LogP contribution >= 0.6 is 0 Å². The molecule has 2 N–H and O–H groups in total. The van der Waals surface area contributed by atoms with Crippen molar-refractivity contribution >= 4 is 12.1 Å². The zero-order chi connectivity index (χ0) is 17.5. The molecule has 0 saturated heterocycles. The molecule has 0 aliphatic rings. The summed E-state index contributed by atoms with van der Waals surface area (Å²) in [5.41, 5.74) is 3.31. The molecule has 2 aromatic rings. The van der Waals surface area contributed by atoms with Gasteiger partial charge in [-0.2, -0.15) is 5.10 Å². The second-order valence-electron chi connectivity index (χ2n) is 5.29. The van der Waals surface area contributed by atoms with Crippen molar-refractivity contribution in [1.29, 1.82) is 0 Å². The molecule has 0 aromatic heterocycles. The molecule has 0 spiro atoms. The Labute approximate surface area is 140 Å². The maximum absolute atomic E-state index is 12.0. The summed E-state index contributed by atoms with van der Waals surface area (Å²) in [5, 5.41) is 13.8. The molecule has 2 rings (SSSR count). The molecule has 126 valence electrons. The minimum Gasteiger partial charge on any atom is -0.504 e. The summed E-state index contributed by atoms with van der Waals surface area (Å²) in [7, 11) is 1.46. The normalized spacial score (nSPS) is 10.8. The van der Waals surface area contributed by atoms with E-state index in [-0.39, 0.29) is 17.8 Å². The Hall–Kier alpha value is -3.02. The van der Waals surface area contributed by atoms with Crippen LogP contribution in [0, 0.1) is 0 Å². The number of nitrogens with one attached hydrogen (secondary N) is 1. The van der Waals surface area contributed by atoms with Crippen molar-refractivity contribution in [3.63, 3.8) is 0 Å². The predicted molar refractivity (Wildman–Crippen MR) is 91.9 cm³/mol. The molecular formula is C18H20N2O4. The second kappa shape index (κ2) is 8.01. The fraction of sp³-hybridized carbons (Fsp3) is 0.222. The maximum Gasteiger partial charge on any atom is 0.271 e. The molecule has 0 bridgehead atoms. The van der Waals surface area contributed by atoms with Gasteiger partial charge in [-0.05, 0) is 50.2 Å². The minimum absolute atomic E-state index is 0.0341. The van der Waals surface area contributed by atoms with Gasteiger partial charge in [0, 0.05) is 11.1 Å². The molecule has 0 fully saturated rings. The van der Waals surface area contributed by atoms with Crippen LogP contribution in [0.4, 0.5) is 0 Å². The van der Waals surface area contributed by atoms with E-state index in [1.807, 2.05) is 13.8 Å². The lowest BCUT2D eigenvalue weighted by molar-refractivity contribution is 0.0955. The molecule has 6 nitrogen and oxygen atoms in total. The molecule has 0 aliphatic heterocycles. The topological polar surface area (TPSA) is 80.2 Å². The molecular weight excluding hydrogens is 308 g/mol. The minimum atomic E-state index is -0.357. The number of hydrogen-bond acceptors (Lipinski definition) is 5. The van der Waals surface area contributed by atoms with Gasteiger partial charge in [-0.1, -0.05) is 6.07 Å². The highest BCUT2D eigenvalue weighted by Crippen LogP contribution is 2.27. The van der Waals surface area contributed by atoms with Gasteiger partial charge in [0.25, 0.3) is 5.91 Å². The number of hydrazone groups is 1. The van der Waals surface area contributed by atoms with Crippen LogP contribution in [0.2, 0.25) is 0 Å². The van der Waals surface area contributed by atoms with Crippen LogP contribution < -0.4 is 14.9 Å². The van der Waals surface area contributed by atoms with Crippen LogP contribution in [0.25, 0.3) is 0 Å². The fourth-order valence-electron chi connectivity index (χ4n) is 1.99. The third-order valence-electron chi connectivity index (χ3n) is 3.11. The molecule has 0 atom stereocenters. The summed E-state index contributed by atoms with van der Waals surface area (Å²) >= 11 is 0. The number of para-hydroxylation sites is 1. The smallest absolute Gasteiger partial charge is 0.271 e. The zero-order valence-corrected chi connectivity index (χ0v) is 13.8. The van der Waals surface area contributed by atoms with Crippen LogP contribution in [0.3, 0.4) is 0 Å². The Kier molecular flexibility index (Phi) is 5.78. The summed E-state index contributed by atoms with van der Waals surface area (Å²) in [6, 6.07) is 11.8. The first-order valence-electron chi connectivity index (χ1n) is 7.47. The van der Waals surface area contributed by atoms with E-state index in [0.29, 0.717) is 22.6 Å². The number of ether oxygens (including phenoxy) is 2. The zero-order valence-electron chi connectivity index (χ0n) is 13.8. The average Bonchev–Trinajstić information content (AvgIpc) is 2.56. The quantitative estimate of drug-likeness (QED) is 0.631. The molecule has 1 amide bonds. The standard InChI is InChI=1S/C18H20N2O4/c1-12(2)24-15-9-7-13(8-10-15)18(22)20-19-11-14-5-4-6-16(23-3)17(14)21/h4-12,21H,1-3H3,(H,20,22)/b19-11+. The van der Waals surface area contributed by atoms with Gasteiger partial charge in [0.2, 0.25) is 0 Å². The highest BCUT2D eigenvalue weighted by molar-refractivity contribution is 5.95. The number of amides is 1. The number of methoxy groups -OCH3 is 1. The number of benzene rings is 2. The Bertz CT molecular complexity index is 724. The number of carbonyl (C=O) groups is 1. The summed E-state index contributed by atoms with van der Waals surface area (Å²) in [6.45, 7) is 3.87. The van der Waals surface area contributed by atoms with Crippen LogP contribution in [0.15, 0.2) is 47.6 Å². The SMILES string of the molecule is COc1cccc(/C=N/NC(=O)c2ccc(OC(C)C)cc2)c1O. The molecule has 0 aliphatic carbocycles. The number of phenols is 1.